The fourth-order valence-electron chi connectivity index (χ4n) is 2.39. The van der Waals surface area contributed by atoms with Crippen LogP contribution in [0, 0.1) is 0 Å². The van der Waals surface area contributed by atoms with Crippen molar-refractivity contribution in [3.8, 4) is 11.5 Å². The van der Waals surface area contributed by atoms with Gasteiger partial charge in [-0.05, 0) is 30.3 Å². The Morgan fingerprint density at radius 3 is 2.46 bits per heavy atom. The third kappa shape index (κ3) is 5.03. The molecule has 0 aliphatic rings. The van der Waals surface area contributed by atoms with Crippen molar-refractivity contribution in [2.24, 2.45) is 0 Å². The van der Waals surface area contributed by atoms with Crippen molar-refractivity contribution in [3.63, 3.8) is 0 Å². The summed E-state index contributed by atoms with van der Waals surface area (Å²) >= 11 is 0. The van der Waals surface area contributed by atoms with Gasteiger partial charge >= 0.3 is 6.03 Å². The van der Waals surface area contributed by atoms with Crippen LogP contribution in [-0.2, 0) is 12.0 Å². The number of carbonyl (C=O) groups is 1. The molecule has 0 spiro atoms. The summed E-state index contributed by atoms with van der Waals surface area (Å²) in [7, 11) is 0. The van der Waals surface area contributed by atoms with E-state index >= 15 is 0 Å². The highest BCUT2D eigenvalue weighted by molar-refractivity contribution is 5.99. The second-order valence-corrected chi connectivity index (χ2v) is 7.35. The van der Waals surface area contributed by atoms with E-state index < -0.39 is 6.03 Å². The second-order valence-electron chi connectivity index (χ2n) is 7.35. The van der Waals surface area contributed by atoms with E-state index in [9.17, 15) is 9.90 Å². The second kappa shape index (κ2) is 8.04. The van der Waals surface area contributed by atoms with Crippen molar-refractivity contribution < 1.29 is 19.2 Å². The van der Waals surface area contributed by atoms with Gasteiger partial charge in [-0.1, -0.05) is 44.1 Å². The number of aromatic hydroxyl groups is 1. The zero-order chi connectivity index (χ0) is 20.1. The number of amides is 2. The van der Waals surface area contributed by atoms with Crippen molar-refractivity contribution >= 4 is 17.5 Å². The first-order chi connectivity index (χ1) is 13.3. The molecule has 0 bridgehead atoms. The normalized spacial score (nSPS) is 11.1. The topological polar surface area (TPSA) is 96.6 Å². The van der Waals surface area contributed by atoms with Crippen LogP contribution in [0.5, 0.6) is 11.5 Å². The number of nitrogens with zero attached hydrogens (tertiary/aromatic N) is 1. The molecule has 7 heteroatoms. The SMILES string of the molecule is CC(C)(C)c1cc(NC(=O)Nc2ccc(OCc3ccccc3O)cc2)no1. The summed E-state index contributed by atoms with van der Waals surface area (Å²) in [4.78, 5) is 12.1. The Hall–Kier alpha value is -3.48. The smallest absolute Gasteiger partial charge is 0.324 e. The van der Waals surface area contributed by atoms with Gasteiger partial charge in [0.25, 0.3) is 0 Å². The van der Waals surface area contributed by atoms with Gasteiger partial charge in [-0.3, -0.25) is 5.32 Å². The number of phenols is 1. The predicted octanol–water partition coefficient (Wildman–Crippen LogP) is 4.90. The van der Waals surface area contributed by atoms with Gasteiger partial charge in [0.2, 0.25) is 0 Å². The Morgan fingerprint density at radius 2 is 1.82 bits per heavy atom. The summed E-state index contributed by atoms with van der Waals surface area (Å²) in [5, 5.41) is 19.0. The number of nitrogens with one attached hydrogen (secondary N) is 2. The van der Waals surface area contributed by atoms with E-state index in [4.69, 9.17) is 9.26 Å². The molecular formula is C21H23N3O4. The first kappa shape index (κ1) is 19.3. The molecule has 1 heterocycles. The van der Waals surface area contributed by atoms with Crippen LogP contribution in [0.2, 0.25) is 0 Å². The van der Waals surface area contributed by atoms with Gasteiger partial charge in [0.1, 0.15) is 23.9 Å². The van der Waals surface area contributed by atoms with E-state index in [1.165, 1.54) is 0 Å². The lowest BCUT2D eigenvalue weighted by Crippen LogP contribution is -2.19. The Balaban J connectivity index is 1.53. The molecule has 0 atom stereocenters. The number of carbonyl (C=O) groups excluding carboxylic acids is 1. The number of rotatable bonds is 5. The number of benzene rings is 2. The fourth-order valence-corrected chi connectivity index (χ4v) is 2.39. The number of aromatic nitrogens is 1. The van der Waals surface area contributed by atoms with E-state index in [0.29, 0.717) is 28.6 Å². The van der Waals surface area contributed by atoms with E-state index in [2.05, 4.69) is 15.8 Å². The average molecular weight is 381 g/mol. The van der Waals surface area contributed by atoms with Crippen molar-refractivity contribution in [2.45, 2.75) is 32.8 Å². The van der Waals surface area contributed by atoms with Gasteiger partial charge in [-0.25, -0.2) is 4.79 Å². The van der Waals surface area contributed by atoms with Crippen molar-refractivity contribution in [2.75, 3.05) is 10.6 Å². The van der Waals surface area contributed by atoms with Gasteiger partial charge in [0.15, 0.2) is 5.82 Å². The summed E-state index contributed by atoms with van der Waals surface area (Å²) < 4.78 is 10.9. The summed E-state index contributed by atoms with van der Waals surface area (Å²) in [6.45, 7) is 6.25. The number of hydrogen-bond acceptors (Lipinski definition) is 5. The van der Waals surface area contributed by atoms with Gasteiger partial charge in [0, 0.05) is 22.7 Å². The minimum atomic E-state index is -0.420. The molecule has 1 aromatic heterocycles. The lowest BCUT2D eigenvalue weighted by Gasteiger charge is -2.12. The number of urea groups is 1. The summed E-state index contributed by atoms with van der Waals surface area (Å²) in [5.74, 6) is 1.86. The molecule has 0 radical (unpaired) electrons. The maximum atomic E-state index is 12.1. The van der Waals surface area contributed by atoms with Crippen LogP contribution in [0.25, 0.3) is 0 Å². The average Bonchev–Trinajstić information content (AvgIpc) is 3.11. The Labute approximate surface area is 163 Å². The lowest BCUT2D eigenvalue weighted by molar-refractivity contribution is 0.261. The number of anilines is 2. The molecule has 28 heavy (non-hydrogen) atoms. The van der Waals surface area contributed by atoms with Gasteiger partial charge in [-0.15, -0.1) is 0 Å². The predicted molar refractivity (Wildman–Crippen MR) is 107 cm³/mol. The van der Waals surface area contributed by atoms with Gasteiger partial charge < -0.3 is 19.7 Å². The molecule has 3 N–H and O–H groups in total. The van der Waals surface area contributed by atoms with Crippen molar-refractivity contribution in [1.82, 2.24) is 5.16 Å². The third-order valence-corrected chi connectivity index (χ3v) is 3.99. The minimum absolute atomic E-state index is 0.185. The maximum Gasteiger partial charge on any atom is 0.324 e. The molecule has 2 aromatic carbocycles. The first-order valence-corrected chi connectivity index (χ1v) is 8.86. The van der Waals surface area contributed by atoms with E-state index in [-0.39, 0.29) is 17.8 Å². The first-order valence-electron chi connectivity index (χ1n) is 8.86. The van der Waals surface area contributed by atoms with Crippen LogP contribution in [0.4, 0.5) is 16.3 Å². The highest BCUT2D eigenvalue weighted by Crippen LogP contribution is 2.25. The van der Waals surface area contributed by atoms with Crippen LogP contribution >= 0.6 is 0 Å². The number of para-hydroxylation sites is 1. The van der Waals surface area contributed by atoms with E-state index in [1.807, 2.05) is 26.8 Å². The molecule has 7 nitrogen and oxygen atoms in total. The zero-order valence-corrected chi connectivity index (χ0v) is 16.0. The van der Waals surface area contributed by atoms with Crippen LogP contribution in [0.3, 0.4) is 0 Å². The molecule has 3 rings (SSSR count). The van der Waals surface area contributed by atoms with Crippen LogP contribution in [-0.4, -0.2) is 16.3 Å². The number of phenolic OH excluding ortho intramolecular Hbond substituents is 1. The summed E-state index contributed by atoms with van der Waals surface area (Å²) in [5.41, 5.74) is 1.12. The van der Waals surface area contributed by atoms with Gasteiger partial charge in [-0.2, -0.15) is 0 Å². The molecule has 2 amide bonds. The maximum absolute atomic E-state index is 12.1. The standard InChI is InChI=1S/C21H23N3O4/c1-21(2,3)18-12-19(24-28-18)23-20(26)22-15-8-10-16(11-9-15)27-13-14-6-4-5-7-17(14)25/h4-12,25H,13H2,1-3H3,(H2,22,23,24,26). The van der Waals surface area contributed by atoms with E-state index in [0.717, 1.165) is 0 Å². The van der Waals surface area contributed by atoms with Crippen LogP contribution in [0.15, 0.2) is 59.1 Å². The molecule has 0 unspecified atom stereocenters. The molecule has 0 saturated carbocycles. The molecule has 0 saturated heterocycles. The minimum Gasteiger partial charge on any atom is -0.508 e. The molecule has 0 aliphatic carbocycles. The number of hydrogen-bond donors (Lipinski definition) is 3. The largest absolute Gasteiger partial charge is 0.508 e. The Kier molecular flexibility index (Phi) is 5.54. The fraction of sp³-hybridized carbons (Fsp3) is 0.238. The van der Waals surface area contributed by atoms with Crippen molar-refractivity contribution in [3.05, 3.63) is 65.9 Å². The summed E-state index contributed by atoms with van der Waals surface area (Å²) in [6.07, 6.45) is 0. The zero-order valence-electron chi connectivity index (χ0n) is 16.0. The molecule has 146 valence electrons. The number of ether oxygens (including phenoxy) is 1. The molecule has 0 aliphatic heterocycles. The lowest BCUT2D eigenvalue weighted by atomic mass is 9.93. The Bertz CT molecular complexity index is 943. The highest BCUT2D eigenvalue weighted by Gasteiger charge is 2.20. The van der Waals surface area contributed by atoms with Crippen LogP contribution < -0.4 is 15.4 Å². The quantitative estimate of drug-likeness (QED) is 0.584. The highest BCUT2D eigenvalue weighted by atomic mass is 16.5. The van der Waals surface area contributed by atoms with Gasteiger partial charge in [0.05, 0.1) is 0 Å². The molecule has 0 fully saturated rings. The van der Waals surface area contributed by atoms with Crippen LogP contribution in [0.1, 0.15) is 32.1 Å². The third-order valence-electron chi connectivity index (χ3n) is 3.99. The van der Waals surface area contributed by atoms with Crippen molar-refractivity contribution in [1.29, 1.82) is 0 Å². The monoisotopic (exact) mass is 381 g/mol. The molecular weight excluding hydrogens is 358 g/mol. The Morgan fingerprint density at radius 1 is 1.11 bits per heavy atom. The van der Waals surface area contributed by atoms with E-state index in [1.54, 1.807) is 48.5 Å². The summed E-state index contributed by atoms with van der Waals surface area (Å²) in [6, 6.07) is 15.2. The molecule has 3 aromatic rings.